The third kappa shape index (κ3) is 4.78. The molecule has 0 heterocycles. The second-order valence-corrected chi connectivity index (χ2v) is 10.4. The fourth-order valence-electron chi connectivity index (χ4n) is 3.87. The van der Waals surface area contributed by atoms with Crippen LogP contribution in [0.2, 0.25) is 0 Å². The molecule has 0 saturated carbocycles. The summed E-state index contributed by atoms with van der Waals surface area (Å²) in [6, 6.07) is 4.14. The van der Waals surface area contributed by atoms with Crippen LogP contribution in [0, 0.1) is 27.7 Å². The van der Waals surface area contributed by atoms with Crippen molar-refractivity contribution in [2.45, 2.75) is 93.3 Å². The van der Waals surface area contributed by atoms with Crippen molar-refractivity contribution < 1.29 is 14.9 Å². The minimum Gasteiger partial charge on any atom is -0.507 e. The normalized spacial score (nSPS) is 12.5. The van der Waals surface area contributed by atoms with Crippen LogP contribution >= 0.6 is 0 Å². The molecule has 2 N–H and O–H groups in total. The summed E-state index contributed by atoms with van der Waals surface area (Å²) in [5.41, 5.74) is 7.79. The van der Waals surface area contributed by atoms with Crippen molar-refractivity contribution >= 4 is 0 Å². The van der Waals surface area contributed by atoms with Crippen molar-refractivity contribution in [2.24, 2.45) is 0 Å². The number of hydrogen-bond donors (Lipinski definition) is 2. The molecule has 0 atom stereocenters. The molecule has 2 rings (SSSR count). The highest BCUT2D eigenvalue weighted by Crippen LogP contribution is 2.38. The van der Waals surface area contributed by atoms with Gasteiger partial charge < -0.3 is 14.9 Å². The van der Waals surface area contributed by atoms with Crippen LogP contribution in [0.5, 0.6) is 11.5 Å². The SMILES string of the molecule is Cc1cc(C(C)(C)C)c(O)c(C)c1COCc1c(C)cc(C(C)(C)C)c(O)c1C. The lowest BCUT2D eigenvalue weighted by Gasteiger charge is -2.25. The van der Waals surface area contributed by atoms with Crippen LogP contribution in [0.3, 0.4) is 0 Å². The van der Waals surface area contributed by atoms with Crippen LogP contribution < -0.4 is 0 Å². The predicted molar refractivity (Wildman–Crippen MR) is 121 cm³/mol. The van der Waals surface area contributed by atoms with E-state index in [2.05, 4.69) is 67.5 Å². The minimum absolute atomic E-state index is 0.112. The van der Waals surface area contributed by atoms with Gasteiger partial charge in [-0.1, -0.05) is 53.7 Å². The summed E-state index contributed by atoms with van der Waals surface area (Å²) in [5.74, 6) is 0.725. The second kappa shape index (κ2) is 8.02. The number of aromatic hydroxyl groups is 2. The Morgan fingerprint density at radius 2 is 0.966 bits per heavy atom. The third-order valence-electron chi connectivity index (χ3n) is 5.91. The molecule has 0 amide bonds. The van der Waals surface area contributed by atoms with E-state index in [1.165, 1.54) is 0 Å². The fourth-order valence-corrected chi connectivity index (χ4v) is 3.87. The first-order valence-corrected chi connectivity index (χ1v) is 10.4. The lowest BCUT2D eigenvalue weighted by atomic mass is 9.82. The zero-order chi connectivity index (χ0) is 22.3. The van der Waals surface area contributed by atoms with Gasteiger partial charge in [0.1, 0.15) is 11.5 Å². The Kier molecular flexibility index (Phi) is 6.44. The van der Waals surface area contributed by atoms with E-state index >= 15 is 0 Å². The molecular formula is C26H38O3. The van der Waals surface area contributed by atoms with Crippen molar-refractivity contribution in [2.75, 3.05) is 0 Å². The number of benzene rings is 2. The van der Waals surface area contributed by atoms with Crippen molar-refractivity contribution in [1.82, 2.24) is 0 Å². The molecule has 29 heavy (non-hydrogen) atoms. The molecule has 2 aromatic carbocycles. The van der Waals surface area contributed by atoms with Crippen LogP contribution in [-0.2, 0) is 28.8 Å². The summed E-state index contributed by atoms with van der Waals surface area (Å²) in [6.45, 7) is 21.5. The van der Waals surface area contributed by atoms with Gasteiger partial charge in [-0.2, -0.15) is 0 Å². The Balaban J connectivity index is 2.28. The van der Waals surface area contributed by atoms with Gasteiger partial charge in [-0.3, -0.25) is 0 Å². The molecule has 0 bridgehead atoms. The summed E-state index contributed by atoms with van der Waals surface area (Å²) in [6.07, 6.45) is 0. The zero-order valence-corrected chi connectivity index (χ0v) is 19.9. The zero-order valence-electron chi connectivity index (χ0n) is 19.9. The van der Waals surface area contributed by atoms with E-state index in [0.717, 1.165) is 44.5 Å². The molecule has 0 fully saturated rings. The van der Waals surface area contributed by atoms with E-state index < -0.39 is 0 Å². The Bertz CT molecular complexity index is 834. The summed E-state index contributed by atoms with van der Waals surface area (Å²) in [4.78, 5) is 0. The van der Waals surface area contributed by atoms with Gasteiger partial charge in [0.15, 0.2) is 0 Å². The third-order valence-corrected chi connectivity index (χ3v) is 5.91. The van der Waals surface area contributed by atoms with Crippen molar-refractivity contribution in [1.29, 1.82) is 0 Å². The van der Waals surface area contributed by atoms with Crippen LogP contribution in [0.25, 0.3) is 0 Å². The molecule has 0 radical (unpaired) electrons. The van der Waals surface area contributed by atoms with Crippen LogP contribution in [0.4, 0.5) is 0 Å². The largest absolute Gasteiger partial charge is 0.507 e. The van der Waals surface area contributed by atoms with Gasteiger partial charge in [0, 0.05) is 0 Å². The van der Waals surface area contributed by atoms with Gasteiger partial charge in [0.05, 0.1) is 13.2 Å². The molecule has 3 nitrogen and oxygen atoms in total. The number of phenols is 2. The van der Waals surface area contributed by atoms with Gasteiger partial charge in [-0.05, 0) is 83.0 Å². The molecular weight excluding hydrogens is 360 g/mol. The monoisotopic (exact) mass is 398 g/mol. The average Bonchev–Trinajstić information content (AvgIpc) is 2.57. The molecule has 3 heteroatoms. The minimum atomic E-state index is -0.112. The van der Waals surface area contributed by atoms with E-state index in [0.29, 0.717) is 24.7 Å². The van der Waals surface area contributed by atoms with Crippen molar-refractivity contribution in [3.63, 3.8) is 0 Å². The summed E-state index contributed by atoms with van der Waals surface area (Å²) < 4.78 is 6.07. The van der Waals surface area contributed by atoms with Gasteiger partial charge in [0.2, 0.25) is 0 Å². The maximum Gasteiger partial charge on any atom is 0.122 e. The summed E-state index contributed by atoms with van der Waals surface area (Å²) in [5, 5.41) is 21.4. The maximum atomic E-state index is 10.7. The van der Waals surface area contributed by atoms with E-state index in [-0.39, 0.29) is 10.8 Å². The Labute approximate surface area is 176 Å². The average molecular weight is 399 g/mol. The highest BCUT2D eigenvalue weighted by atomic mass is 16.5. The van der Waals surface area contributed by atoms with E-state index in [9.17, 15) is 10.2 Å². The predicted octanol–water partition coefficient (Wildman–Crippen LogP) is 6.64. The molecule has 0 aromatic heterocycles. The van der Waals surface area contributed by atoms with Crippen LogP contribution in [-0.4, -0.2) is 10.2 Å². The van der Waals surface area contributed by atoms with Crippen LogP contribution in [0.15, 0.2) is 12.1 Å². The number of aryl methyl sites for hydroxylation is 2. The van der Waals surface area contributed by atoms with E-state index in [4.69, 9.17) is 4.74 Å². The number of phenolic OH excluding ortho intramolecular Hbond substituents is 2. The molecule has 2 aromatic rings. The molecule has 0 aliphatic rings. The fraction of sp³-hybridized carbons (Fsp3) is 0.538. The molecule has 160 valence electrons. The van der Waals surface area contributed by atoms with Gasteiger partial charge >= 0.3 is 0 Å². The van der Waals surface area contributed by atoms with Gasteiger partial charge in [-0.15, -0.1) is 0 Å². The van der Waals surface area contributed by atoms with Gasteiger partial charge in [0.25, 0.3) is 0 Å². The molecule has 0 unspecified atom stereocenters. The Morgan fingerprint density at radius 3 is 1.24 bits per heavy atom. The second-order valence-electron chi connectivity index (χ2n) is 10.4. The summed E-state index contributed by atoms with van der Waals surface area (Å²) >= 11 is 0. The smallest absolute Gasteiger partial charge is 0.122 e. The first-order valence-electron chi connectivity index (χ1n) is 10.4. The maximum absolute atomic E-state index is 10.7. The molecule has 0 aliphatic carbocycles. The van der Waals surface area contributed by atoms with E-state index in [1.54, 1.807) is 0 Å². The van der Waals surface area contributed by atoms with Crippen molar-refractivity contribution in [3.05, 3.63) is 56.6 Å². The molecule has 0 spiro atoms. The Hall–Kier alpha value is -2.00. The lowest BCUT2D eigenvalue weighted by molar-refractivity contribution is 0.105. The first-order chi connectivity index (χ1) is 13.2. The number of hydrogen-bond acceptors (Lipinski definition) is 3. The van der Waals surface area contributed by atoms with Crippen molar-refractivity contribution in [3.8, 4) is 11.5 Å². The topological polar surface area (TPSA) is 49.7 Å². The highest BCUT2D eigenvalue weighted by Gasteiger charge is 2.24. The standard InChI is InChI=1S/C26H38O3/c1-15-11-21(25(5,6)7)23(27)17(3)19(15)13-29-14-20-16(2)12-22(26(8,9)10)24(28)18(20)4/h11-12,27-28H,13-14H2,1-10H3. The summed E-state index contributed by atoms with van der Waals surface area (Å²) in [7, 11) is 0. The first kappa shape index (κ1) is 23.3. The van der Waals surface area contributed by atoms with Crippen LogP contribution in [0.1, 0.15) is 86.1 Å². The molecule has 0 saturated heterocycles. The number of ether oxygens (including phenoxy) is 1. The molecule has 0 aliphatic heterocycles. The lowest BCUT2D eigenvalue weighted by Crippen LogP contribution is -2.14. The number of rotatable bonds is 4. The Morgan fingerprint density at radius 1 is 0.655 bits per heavy atom. The van der Waals surface area contributed by atoms with Gasteiger partial charge in [-0.25, -0.2) is 0 Å². The highest BCUT2D eigenvalue weighted by molar-refractivity contribution is 5.52. The van der Waals surface area contributed by atoms with E-state index in [1.807, 2.05) is 13.8 Å². The quantitative estimate of drug-likeness (QED) is 0.606.